The number of fused-ring (bicyclic) bond motifs is 1. The number of H-pyrrole nitrogens is 1. The first-order valence-electron chi connectivity index (χ1n) is 6.71. The molecule has 0 aliphatic carbocycles. The van der Waals surface area contributed by atoms with Crippen molar-refractivity contribution in [3.05, 3.63) is 34.5 Å². The molecule has 1 saturated heterocycles. The summed E-state index contributed by atoms with van der Waals surface area (Å²) in [5, 5.41) is 5.59. The van der Waals surface area contributed by atoms with E-state index in [2.05, 4.69) is 35.4 Å². The van der Waals surface area contributed by atoms with Gasteiger partial charge >= 0.3 is 0 Å². The third-order valence-electron chi connectivity index (χ3n) is 3.83. The van der Waals surface area contributed by atoms with E-state index < -0.39 is 0 Å². The fraction of sp³-hybridized carbons (Fsp3) is 0.467. The normalized spacial score (nSPS) is 20.4. The van der Waals surface area contributed by atoms with Crippen LogP contribution >= 0.6 is 11.6 Å². The van der Waals surface area contributed by atoms with E-state index in [-0.39, 0.29) is 0 Å². The standard InChI is InChI=1S/C15H19ClN2/c1-10-5-13-7-14(16)12(8-15(13)18-10)6-11-3-2-4-17-9-11/h5,7-8,11,17-18H,2-4,6,9H2,1H3. The van der Waals surface area contributed by atoms with Crippen molar-refractivity contribution in [2.75, 3.05) is 13.1 Å². The number of hydrogen-bond donors (Lipinski definition) is 2. The van der Waals surface area contributed by atoms with E-state index in [0.717, 1.165) is 23.9 Å². The molecule has 0 bridgehead atoms. The predicted molar refractivity (Wildman–Crippen MR) is 77.3 cm³/mol. The first-order chi connectivity index (χ1) is 8.72. The molecule has 2 N–H and O–H groups in total. The SMILES string of the molecule is Cc1cc2cc(Cl)c(CC3CCCNC3)cc2[nH]1. The van der Waals surface area contributed by atoms with Crippen molar-refractivity contribution >= 4 is 22.5 Å². The van der Waals surface area contributed by atoms with E-state index in [1.54, 1.807) is 0 Å². The number of hydrogen-bond acceptors (Lipinski definition) is 1. The summed E-state index contributed by atoms with van der Waals surface area (Å²) >= 11 is 6.40. The number of aromatic nitrogens is 1. The third kappa shape index (κ3) is 2.40. The fourth-order valence-corrected chi connectivity index (χ4v) is 3.16. The zero-order valence-electron chi connectivity index (χ0n) is 10.7. The number of nitrogens with one attached hydrogen (secondary N) is 2. The summed E-state index contributed by atoms with van der Waals surface area (Å²) in [6.45, 7) is 4.37. The van der Waals surface area contributed by atoms with Crippen LogP contribution in [0.25, 0.3) is 10.9 Å². The van der Waals surface area contributed by atoms with Crippen LogP contribution in [0.1, 0.15) is 24.1 Å². The van der Waals surface area contributed by atoms with Crippen LogP contribution in [-0.2, 0) is 6.42 Å². The Morgan fingerprint density at radius 2 is 2.22 bits per heavy atom. The lowest BCUT2D eigenvalue weighted by atomic mass is 9.92. The molecule has 1 aromatic heterocycles. The summed E-state index contributed by atoms with van der Waals surface area (Å²) < 4.78 is 0. The third-order valence-corrected chi connectivity index (χ3v) is 4.18. The molecular formula is C15H19ClN2. The Morgan fingerprint density at radius 3 is 3.00 bits per heavy atom. The quantitative estimate of drug-likeness (QED) is 0.849. The minimum atomic E-state index is 0.727. The molecule has 3 heteroatoms. The second-order valence-corrected chi connectivity index (χ2v) is 5.81. The van der Waals surface area contributed by atoms with Gasteiger partial charge in [-0.05, 0) is 69.0 Å². The molecule has 0 radical (unpaired) electrons. The van der Waals surface area contributed by atoms with E-state index in [1.807, 2.05) is 0 Å². The number of benzene rings is 1. The second kappa shape index (κ2) is 4.94. The highest BCUT2D eigenvalue weighted by Crippen LogP contribution is 2.27. The highest BCUT2D eigenvalue weighted by Gasteiger charge is 2.15. The zero-order valence-corrected chi connectivity index (χ0v) is 11.5. The van der Waals surface area contributed by atoms with Crippen LogP contribution in [0.5, 0.6) is 0 Å². The molecule has 0 amide bonds. The Morgan fingerprint density at radius 1 is 1.33 bits per heavy atom. The molecule has 2 aromatic rings. The molecule has 1 aromatic carbocycles. The van der Waals surface area contributed by atoms with Gasteiger partial charge < -0.3 is 10.3 Å². The maximum atomic E-state index is 6.40. The van der Waals surface area contributed by atoms with Crippen molar-refractivity contribution < 1.29 is 0 Å². The highest BCUT2D eigenvalue weighted by atomic mass is 35.5. The lowest BCUT2D eigenvalue weighted by Crippen LogP contribution is -2.30. The van der Waals surface area contributed by atoms with Crippen molar-refractivity contribution in [2.45, 2.75) is 26.2 Å². The molecule has 96 valence electrons. The largest absolute Gasteiger partial charge is 0.359 e. The van der Waals surface area contributed by atoms with Crippen LogP contribution < -0.4 is 5.32 Å². The summed E-state index contributed by atoms with van der Waals surface area (Å²) in [6, 6.07) is 6.46. The number of piperidine rings is 1. The summed E-state index contributed by atoms with van der Waals surface area (Å²) in [4.78, 5) is 3.39. The van der Waals surface area contributed by atoms with Crippen LogP contribution in [0.4, 0.5) is 0 Å². The molecule has 0 spiro atoms. The summed E-state index contributed by atoms with van der Waals surface area (Å²) in [7, 11) is 0. The molecule has 3 rings (SSSR count). The van der Waals surface area contributed by atoms with Crippen molar-refractivity contribution in [1.82, 2.24) is 10.3 Å². The zero-order chi connectivity index (χ0) is 12.5. The lowest BCUT2D eigenvalue weighted by molar-refractivity contribution is 0.376. The molecule has 2 heterocycles. The topological polar surface area (TPSA) is 27.8 Å². The van der Waals surface area contributed by atoms with Gasteiger partial charge in [0.15, 0.2) is 0 Å². The lowest BCUT2D eigenvalue weighted by Gasteiger charge is -2.23. The van der Waals surface area contributed by atoms with E-state index in [4.69, 9.17) is 11.6 Å². The van der Waals surface area contributed by atoms with Gasteiger partial charge in [0.05, 0.1) is 0 Å². The molecule has 0 saturated carbocycles. The molecule has 18 heavy (non-hydrogen) atoms. The van der Waals surface area contributed by atoms with Crippen LogP contribution in [0.3, 0.4) is 0 Å². The molecule has 1 aliphatic rings. The van der Waals surface area contributed by atoms with Gasteiger partial charge in [-0.15, -0.1) is 0 Å². The monoisotopic (exact) mass is 262 g/mol. The minimum absolute atomic E-state index is 0.727. The average molecular weight is 263 g/mol. The summed E-state index contributed by atoms with van der Waals surface area (Å²) in [5.41, 5.74) is 3.67. The molecule has 2 nitrogen and oxygen atoms in total. The maximum absolute atomic E-state index is 6.40. The Kier molecular flexibility index (Phi) is 3.31. The first-order valence-corrected chi connectivity index (χ1v) is 7.08. The number of rotatable bonds is 2. The van der Waals surface area contributed by atoms with E-state index in [1.165, 1.54) is 41.5 Å². The van der Waals surface area contributed by atoms with Gasteiger partial charge in [-0.2, -0.15) is 0 Å². The predicted octanol–water partition coefficient (Wildman–Crippen LogP) is 3.67. The smallest absolute Gasteiger partial charge is 0.0459 e. The molecule has 1 atom stereocenters. The van der Waals surface area contributed by atoms with Crippen LogP contribution in [0.2, 0.25) is 5.02 Å². The van der Waals surface area contributed by atoms with Crippen LogP contribution in [0, 0.1) is 12.8 Å². The molecule has 1 fully saturated rings. The van der Waals surface area contributed by atoms with E-state index in [9.17, 15) is 0 Å². The number of aryl methyl sites for hydroxylation is 1. The molecular weight excluding hydrogens is 244 g/mol. The number of halogens is 1. The second-order valence-electron chi connectivity index (χ2n) is 5.40. The molecule has 1 aliphatic heterocycles. The average Bonchev–Trinajstić information content (AvgIpc) is 2.70. The summed E-state index contributed by atoms with van der Waals surface area (Å²) in [6.07, 6.45) is 3.68. The van der Waals surface area contributed by atoms with Gasteiger partial charge in [0.25, 0.3) is 0 Å². The Bertz CT molecular complexity index is 553. The van der Waals surface area contributed by atoms with E-state index in [0.29, 0.717) is 0 Å². The summed E-state index contributed by atoms with van der Waals surface area (Å²) in [5.74, 6) is 0.727. The maximum Gasteiger partial charge on any atom is 0.0459 e. The first kappa shape index (κ1) is 12.1. The van der Waals surface area contributed by atoms with Crippen molar-refractivity contribution in [2.24, 2.45) is 5.92 Å². The van der Waals surface area contributed by atoms with Gasteiger partial charge in [-0.1, -0.05) is 11.6 Å². The minimum Gasteiger partial charge on any atom is -0.359 e. The van der Waals surface area contributed by atoms with Gasteiger partial charge in [0, 0.05) is 21.6 Å². The van der Waals surface area contributed by atoms with Crippen LogP contribution in [-0.4, -0.2) is 18.1 Å². The van der Waals surface area contributed by atoms with E-state index >= 15 is 0 Å². The van der Waals surface area contributed by atoms with Gasteiger partial charge in [-0.3, -0.25) is 0 Å². The number of aromatic amines is 1. The van der Waals surface area contributed by atoms with Crippen molar-refractivity contribution in [3.8, 4) is 0 Å². The van der Waals surface area contributed by atoms with Crippen molar-refractivity contribution in [3.63, 3.8) is 0 Å². The van der Waals surface area contributed by atoms with Crippen LogP contribution in [0.15, 0.2) is 18.2 Å². The van der Waals surface area contributed by atoms with Gasteiger partial charge in [-0.25, -0.2) is 0 Å². The fourth-order valence-electron chi connectivity index (χ4n) is 2.91. The van der Waals surface area contributed by atoms with Gasteiger partial charge in [0.1, 0.15) is 0 Å². The molecule has 1 unspecified atom stereocenters. The Hall–Kier alpha value is -0.990. The van der Waals surface area contributed by atoms with Crippen molar-refractivity contribution in [1.29, 1.82) is 0 Å². The Labute approximate surface area is 113 Å². The Balaban J connectivity index is 1.88. The van der Waals surface area contributed by atoms with Gasteiger partial charge in [0.2, 0.25) is 0 Å². The highest BCUT2D eigenvalue weighted by molar-refractivity contribution is 6.32.